The number of fused-ring (bicyclic) bond motifs is 5. The molecule has 4 fully saturated rings. The van der Waals surface area contributed by atoms with Crippen LogP contribution in [0.25, 0.3) is 0 Å². The molecule has 0 heterocycles. The molecule has 0 amide bonds. The molecule has 4 aliphatic rings. The number of hydrogen-bond donors (Lipinski definition) is 1. The molecule has 0 aromatic heterocycles. The second-order valence-corrected chi connectivity index (χ2v) is 9.36. The SMILES string of the molecule is C[C@]12CCC(=C(F)F)C[C@@H]1CC[C@@H]1[C@@H]2CC[C@]2(C)[C@@H](O)CC[C@@H]12. The van der Waals surface area contributed by atoms with Gasteiger partial charge in [0, 0.05) is 0 Å². The molecular formula is C20H30F2O. The van der Waals surface area contributed by atoms with E-state index in [1.165, 1.54) is 19.3 Å². The molecule has 4 aliphatic carbocycles. The van der Waals surface area contributed by atoms with Crippen LogP contribution in [0.1, 0.15) is 71.6 Å². The summed E-state index contributed by atoms with van der Waals surface area (Å²) in [5.74, 6) is 2.51. The van der Waals surface area contributed by atoms with Gasteiger partial charge in [-0.25, -0.2) is 0 Å². The van der Waals surface area contributed by atoms with Crippen LogP contribution in [0.4, 0.5) is 8.78 Å². The molecule has 1 nitrogen and oxygen atoms in total. The number of rotatable bonds is 0. The molecule has 23 heavy (non-hydrogen) atoms. The maximum atomic E-state index is 13.1. The van der Waals surface area contributed by atoms with E-state index in [0.29, 0.717) is 42.1 Å². The van der Waals surface area contributed by atoms with Crippen molar-refractivity contribution in [2.45, 2.75) is 77.7 Å². The monoisotopic (exact) mass is 324 g/mol. The number of halogens is 2. The van der Waals surface area contributed by atoms with Crippen LogP contribution >= 0.6 is 0 Å². The van der Waals surface area contributed by atoms with Crippen LogP contribution in [0, 0.1) is 34.5 Å². The first-order chi connectivity index (χ1) is 10.9. The highest BCUT2D eigenvalue weighted by molar-refractivity contribution is 5.15. The van der Waals surface area contributed by atoms with Gasteiger partial charge in [-0.15, -0.1) is 0 Å². The average molecular weight is 324 g/mol. The van der Waals surface area contributed by atoms with E-state index in [1.54, 1.807) is 0 Å². The van der Waals surface area contributed by atoms with Crippen molar-refractivity contribution >= 4 is 0 Å². The highest BCUT2D eigenvalue weighted by Gasteiger charge is 2.59. The van der Waals surface area contributed by atoms with Gasteiger partial charge in [0.25, 0.3) is 6.08 Å². The van der Waals surface area contributed by atoms with E-state index in [1.807, 2.05) is 0 Å². The Kier molecular flexibility index (Phi) is 3.68. The summed E-state index contributed by atoms with van der Waals surface area (Å²) in [6.45, 7) is 4.70. The first-order valence-electron chi connectivity index (χ1n) is 9.57. The molecule has 0 bridgehead atoms. The van der Waals surface area contributed by atoms with Crippen molar-refractivity contribution in [1.29, 1.82) is 0 Å². The van der Waals surface area contributed by atoms with Crippen LogP contribution < -0.4 is 0 Å². The van der Waals surface area contributed by atoms with Gasteiger partial charge in [0.05, 0.1) is 6.10 Å². The van der Waals surface area contributed by atoms with E-state index < -0.39 is 6.08 Å². The lowest BCUT2D eigenvalue weighted by Gasteiger charge is -2.60. The van der Waals surface area contributed by atoms with Gasteiger partial charge in [-0.05, 0) is 97.9 Å². The first-order valence-corrected chi connectivity index (χ1v) is 9.57. The van der Waals surface area contributed by atoms with Crippen molar-refractivity contribution in [3.63, 3.8) is 0 Å². The molecule has 0 aromatic rings. The predicted octanol–water partition coefficient (Wildman–Crippen LogP) is 5.54. The molecule has 0 radical (unpaired) electrons. The van der Waals surface area contributed by atoms with Crippen molar-refractivity contribution in [3.8, 4) is 0 Å². The van der Waals surface area contributed by atoms with E-state index in [2.05, 4.69) is 13.8 Å². The number of aliphatic hydroxyl groups is 1. The van der Waals surface area contributed by atoms with Crippen LogP contribution in [0.2, 0.25) is 0 Å². The third-order valence-corrected chi connectivity index (χ3v) is 8.74. The zero-order valence-electron chi connectivity index (χ0n) is 14.5. The fourth-order valence-corrected chi connectivity index (χ4v) is 7.22. The topological polar surface area (TPSA) is 20.2 Å². The fourth-order valence-electron chi connectivity index (χ4n) is 7.22. The van der Waals surface area contributed by atoms with Crippen molar-refractivity contribution < 1.29 is 13.9 Å². The molecule has 7 atom stereocenters. The molecule has 0 aliphatic heterocycles. The van der Waals surface area contributed by atoms with E-state index in [-0.39, 0.29) is 16.9 Å². The summed E-state index contributed by atoms with van der Waals surface area (Å²) in [5.41, 5.74) is 0.800. The minimum Gasteiger partial charge on any atom is -0.393 e. The molecule has 130 valence electrons. The number of hydrogen-bond acceptors (Lipinski definition) is 1. The van der Waals surface area contributed by atoms with Gasteiger partial charge in [-0.1, -0.05) is 13.8 Å². The lowest BCUT2D eigenvalue weighted by molar-refractivity contribution is -0.116. The van der Waals surface area contributed by atoms with E-state index in [0.717, 1.165) is 25.7 Å². The van der Waals surface area contributed by atoms with Gasteiger partial charge in [-0.3, -0.25) is 0 Å². The van der Waals surface area contributed by atoms with Gasteiger partial charge in [0.2, 0.25) is 0 Å². The molecule has 4 rings (SSSR count). The van der Waals surface area contributed by atoms with Crippen LogP contribution in [0.3, 0.4) is 0 Å². The Hall–Kier alpha value is -0.440. The van der Waals surface area contributed by atoms with E-state index in [9.17, 15) is 13.9 Å². The van der Waals surface area contributed by atoms with Crippen molar-refractivity contribution in [1.82, 2.24) is 0 Å². The number of allylic oxidation sites excluding steroid dienone is 1. The molecule has 0 aromatic carbocycles. The molecule has 1 N–H and O–H groups in total. The molecule has 0 spiro atoms. The summed E-state index contributed by atoms with van der Waals surface area (Å²) < 4.78 is 26.1. The largest absolute Gasteiger partial charge is 0.393 e. The Morgan fingerprint density at radius 2 is 1.70 bits per heavy atom. The average Bonchev–Trinajstić information content (AvgIpc) is 2.82. The summed E-state index contributed by atoms with van der Waals surface area (Å²) >= 11 is 0. The van der Waals surface area contributed by atoms with Gasteiger partial charge in [-0.2, -0.15) is 8.78 Å². The Morgan fingerprint density at radius 3 is 2.43 bits per heavy atom. The maximum absolute atomic E-state index is 13.1. The maximum Gasteiger partial charge on any atom is 0.269 e. The summed E-state index contributed by atoms with van der Waals surface area (Å²) in [6.07, 6.45) is 7.39. The Labute approximate surface area is 138 Å². The zero-order valence-corrected chi connectivity index (χ0v) is 14.5. The van der Waals surface area contributed by atoms with Gasteiger partial charge >= 0.3 is 0 Å². The second-order valence-electron chi connectivity index (χ2n) is 9.36. The summed E-state index contributed by atoms with van der Waals surface area (Å²) in [7, 11) is 0. The minimum absolute atomic E-state index is 0.120. The van der Waals surface area contributed by atoms with Crippen LogP contribution in [-0.2, 0) is 0 Å². The van der Waals surface area contributed by atoms with Crippen molar-refractivity contribution in [2.75, 3.05) is 0 Å². The lowest BCUT2D eigenvalue weighted by Crippen LogP contribution is -2.53. The Morgan fingerprint density at radius 1 is 0.957 bits per heavy atom. The van der Waals surface area contributed by atoms with Crippen LogP contribution in [0.5, 0.6) is 0 Å². The van der Waals surface area contributed by atoms with Crippen LogP contribution in [0.15, 0.2) is 11.7 Å². The smallest absolute Gasteiger partial charge is 0.269 e. The first kappa shape index (κ1) is 16.1. The quantitative estimate of drug-likeness (QED) is 0.620. The van der Waals surface area contributed by atoms with E-state index >= 15 is 0 Å². The highest BCUT2D eigenvalue weighted by Crippen LogP contribution is 2.66. The summed E-state index contributed by atoms with van der Waals surface area (Å²) in [5, 5.41) is 10.5. The molecule has 0 saturated heterocycles. The third kappa shape index (κ3) is 2.18. The Balaban J connectivity index is 1.61. The fraction of sp³-hybridized carbons (Fsp3) is 0.900. The molecule has 3 heteroatoms. The normalized spacial score (nSPS) is 52.6. The third-order valence-electron chi connectivity index (χ3n) is 8.74. The van der Waals surface area contributed by atoms with Crippen LogP contribution in [-0.4, -0.2) is 11.2 Å². The summed E-state index contributed by atoms with van der Waals surface area (Å²) in [4.78, 5) is 0. The standard InChI is InChI=1S/C20H30F2O/c1-19-9-7-12(18(21)22)11-13(19)3-4-14-15-5-6-17(23)20(15,2)10-8-16(14)19/h13-17,23H,3-11H2,1-2H3/t13-,14-,15-,16-,17-,19-,20-/m0/s1. The van der Waals surface area contributed by atoms with Gasteiger partial charge < -0.3 is 5.11 Å². The number of aliphatic hydroxyl groups excluding tert-OH is 1. The lowest BCUT2D eigenvalue weighted by atomic mass is 9.45. The zero-order chi connectivity index (χ0) is 16.4. The van der Waals surface area contributed by atoms with Gasteiger partial charge in [0.1, 0.15) is 0 Å². The highest BCUT2D eigenvalue weighted by atomic mass is 19.3. The second kappa shape index (κ2) is 5.28. The van der Waals surface area contributed by atoms with Crippen molar-refractivity contribution in [3.05, 3.63) is 11.7 Å². The van der Waals surface area contributed by atoms with Gasteiger partial charge in [0.15, 0.2) is 0 Å². The molecule has 4 saturated carbocycles. The summed E-state index contributed by atoms with van der Waals surface area (Å²) in [6, 6.07) is 0. The molecule has 0 unspecified atom stereocenters. The predicted molar refractivity (Wildman–Crippen MR) is 87.0 cm³/mol. The minimum atomic E-state index is -1.41. The molecular weight excluding hydrogens is 294 g/mol. The van der Waals surface area contributed by atoms with E-state index in [4.69, 9.17) is 0 Å². The van der Waals surface area contributed by atoms with Crippen molar-refractivity contribution in [2.24, 2.45) is 34.5 Å². The Bertz CT molecular complexity index is 526.